The van der Waals surface area contributed by atoms with Crippen molar-refractivity contribution in [2.45, 2.75) is 0 Å². The van der Waals surface area contributed by atoms with E-state index in [1.165, 1.54) is 96.5 Å². The molecule has 4 aromatic heterocycles. The summed E-state index contributed by atoms with van der Waals surface area (Å²) in [5, 5.41) is 12.9. The molecule has 0 atom stereocenters. The minimum Gasteiger partial charge on any atom is -0.309 e. The lowest BCUT2D eigenvalue weighted by Crippen LogP contribution is -1.92. The molecule has 0 saturated heterocycles. The van der Waals surface area contributed by atoms with E-state index in [4.69, 9.17) is 0 Å². The number of thiophene rings is 1. The standard InChI is InChI=1S/C42H24N2S/c1-2-11-25(12-3-1)43-34-19-6-5-14-27(34)32-23-37-33(24-36(32)43)31-18-8-17-30-29-16-10-22-39-41(29)40-28(15-9-21-38(40)45-39)26-13-4-7-20-35(26)44(37)42(30)31/h1-24H. The molecule has 7 aromatic carbocycles. The van der Waals surface area contributed by atoms with Gasteiger partial charge in [-0.2, -0.15) is 0 Å². The molecule has 0 aliphatic rings. The highest BCUT2D eigenvalue weighted by Gasteiger charge is 2.20. The first-order chi connectivity index (χ1) is 22.3. The summed E-state index contributed by atoms with van der Waals surface area (Å²) in [6.07, 6.45) is 0. The summed E-state index contributed by atoms with van der Waals surface area (Å²) in [6.45, 7) is 0. The third kappa shape index (κ3) is 2.98. The molecule has 0 saturated carbocycles. The molecular formula is C42H24N2S. The lowest BCUT2D eigenvalue weighted by atomic mass is 10.0. The van der Waals surface area contributed by atoms with Crippen molar-refractivity contribution in [3.63, 3.8) is 0 Å². The number of aromatic nitrogens is 2. The van der Waals surface area contributed by atoms with Crippen molar-refractivity contribution in [2.24, 2.45) is 0 Å². The van der Waals surface area contributed by atoms with Gasteiger partial charge in [0.15, 0.2) is 0 Å². The molecule has 0 aliphatic carbocycles. The first-order valence-corrected chi connectivity index (χ1v) is 16.3. The highest BCUT2D eigenvalue weighted by Crippen LogP contribution is 2.45. The van der Waals surface area contributed by atoms with Crippen LogP contribution in [0.2, 0.25) is 0 Å². The van der Waals surface area contributed by atoms with Gasteiger partial charge in [0.05, 0.1) is 27.6 Å². The first kappa shape index (κ1) is 23.8. The number of para-hydroxylation sites is 4. The number of nitrogens with zero attached hydrogens (tertiary/aromatic N) is 2. The Balaban J connectivity index is 1.49. The maximum Gasteiger partial charge on any atom is 0.0619 e. The van der Waals surface area contributed by atoms with Gasteiger partial charge in [-0.3, -0.25) is 0 Å². The van der Waals surface area contributed by atoms with E-state index in [0.717, 1.165) is 0 Å². The van der Waals surface area contributed by atoms with Crippen molar-refractivity contribution < 1.29 is 0 Å². The molecule has 0 N–H and O–H groups in total. The second kappa shape index (κ2) is 8.50. The van der Waals surface area contributed by atoms with Gasteiger partial charge < -0.3 is 8.97 Å². The van der Waals surface area contributed by atoms with Crippen molar-refractivity contribution in [1.82, 2.24) is 8.97 Å². The molecule has 0 radical (unpaired) electrons. The number of hydrogen-bond acceptors (Lipinski definition) is 1. The highest BCUT2D eigenvalue weighted by atomic mass is 32.1. The van der Waals surface area contributed by atoms with Crippen LogP contribution >= 0.6 is 11.3 Å². The van der Waals surface area contributed by atoms with Crippen LogP contribution in [0.3, 0.4) is 0 Å². The van der Waals surface area contributed by atoms with E-state index in [1.54, 1.807) is 0 Å². The van der Waals surface area contributed by atoms with Crippen LogP contribution in [0.5, 0.6) is 0 Å². The molecule has 0 amide bonds. The Labute approximate surface area is 261 Å². The molecule has 208 valence electrons. The zero-order valence-corrected chi connectivity index (χ0v) is 25.0. The van der Waals surface area contributed by atoms with E-state index in [-0.39, 0.29) is 0 Å². The number of fused-ring (bicyclic) bond motifs is 10. The van der Waals surface area contributed by atoms with Crippen LogP contribution in [0.15, 0.2) is 146 Å². The quantitative estimate of drug-likeness (QED) is 0.180. The SMILES string of the molecule is c1ccc(-n2c3ccccc3c3cc4c(cc32)c2cccc3c5cccc6sc7cccc(c8ccccc8n4c32)c7c65)cc1. The fourth-order valence-electron chi connectivity index (χ4n) is 8.06. The summed E-state index contributed by atoms with van der Waals surface area (Å²) in [7, 11) is 0. The molecule has 11 rings (SSSR count). The predicted octanol–water partition coefficient (Wildman–Crippen LogP) is 12.0. The normalized spacial score (nSPS) is 12.4. The van der Waals surface area contributed by atoms with Crippen LogP contribution in [0.25, 0.3) is 96.5 Å². The zero-order chi connectivity index (χ0) is 29.2. The molecule has 3 heteroatoms. The van der Waals surface area contributed by atoms with Crippen LogP contribution in [0, 0.1) is 0 Å². The molecule has 0 unspecified atom stereocenters. The van der Waals surface area contributed by atoms with Gasteiger partial charge in [0.1, 0.15) is 0 Å². The summed E-state index contributed by atoms with van der Waals surface area (Å²) in [6, 6.07) is 54.0. The monoisotopic (exact) mass is 588 g/mol. The topological polar surface area (TPSA) is 9.34 Å². The van der Waals surface area contributed by atoms with Gasteiger partial charge in [-0.25, -0.2) is 0 Å². The van der Waals surface area contributed by atoms with Gasteiger partial charge in [-0.15, -0.1) is 11.3 Å². The predicted molar refractivity (Wildman–Crippen MR) is 195 cm³/mol. The van der Waals surface area contributed by atoms with E-state index in [2.05, 4.69) is 155 Å². The number of hydrogen-bond donors (Lipinski definition) is 0. The summed E-state index contributed by atoms with van der Waals surface area (Å²) >= 11 is 1.90. The van der Waals surface area contributed by atoms with Gasteiger partial charge in [0.2, 0.25) is 0 Å². The third-order valence-corrected chi connectivity index (χ3v) is 11.0. The van der Waals surface area contributed by atoms with Gasteiger partial charge in [-0.05, 0) is 59.3 Å². The summed E-state index contributed by atoms with van der Waals surface area (Å²) in [5.74, 6) is 0. The Morgan fingerprint density at radius 1 is 0.356 bits per heavy atom. The van der Waals surface area contributed by atoms with Crippen molar-refractivity contribution in [3.8, 4) is 5.69 Å². The fourth-order valence-corrected chi connectivity index (χ4v) is 9.22. The number of benzene rings is 7. The Kier molecular flexibility index (Phi) is 4.49. The minimum absolute atomic E-state index is 1.18. The third-order valence-electron chi connectivity index (χ3n) is 9.84. The van der Waals surface area contributed by atoms with Crippen LogP contribution in [-0.4, -0.2) is 8.97 Å². The van der Waals surface area contributed by atoms with Gasteiger partial charge in [-0.1, -0.05) is 97.1 Å². The molecule has 0 spiro atoms. The fraction of sp³-hybridized carbons (Fsp3) is 0. The molecule has 0 aliphatic heterocycles. The van der Waals surface area contributed by atoms with Crippen LogP contribution in [-0.2, 0) is 0 Å². The maximum atomic E-state index is 2.55. The second-order valence-corrected chi connectivity index (χ2v) is 13.2. The molecule has 0 fully saturated rings. The average Bonchev–Trinajstić information content (AvgIpc) is 3.75. The smallest absolute Gasteiger partial charge is 0.0619 e. The average molecular weight is 589 g/mol. The molecule has 4 heterocycles. The van der Waals surface area contributed by atoms with Crippen molar-refractivity contribution in [2.75, 3.05) is 0 Å². The first-order valence-electron chi connectivity index (χ1n) is 15.5. The largest absolute Gasteiger partial charge is 0.309 e. The van der Waals surface area contributed by atoms with E-state index in [9.17, 15) is 0 Å². The van der Waals surface area contributed by atoms with Gasteiger partial charge >= 0.3 is 0 Å². The molecule has 45 heavy (non-hydrogen) atoms. The lowest BCUT2D eigenvalue weighted by Gasteiger charge is -2.08. The molecular weight excluding hydrogens is 565 g/mol. The van der Waals surface area contributed by atoms with E-state index < -0.39 is 0 Å². The van der Waals surface area contributed by atoms with E-state index in [1.807, 2.05) is 11.3 Å². The van der Waals surface area contributed by atoms with Crippen LogP contribution < -0.4 is 0 Å². The Hall–Kier alpha value is -5.64. The lowest BCUT2D eigenvalue weighted by molar-refractivity contribution is 1.18. The Bertz CT molecular complexity index is 3030. The molecule has 11 aromatic rings. The maximum absolute atomic E-state index is 2.55. The van der Waals surface area contributed by atoms with E-state index >= 15 is 0 Å². The second-order valence-electron chi connectivity index (χ2n) is 12.1. The van der Waals surface area contributed by atoms with Crippen molar-refractivity contribution >= 4 is 102 Å². The number of rotatable bonds is 1. The zero-order valence-electron chi connectivity index (χ0n) is 24.2. The van der Waals surface area contributed by atoms with Crippen LogP contribution in [0.4, 0.5) is 0 Å². The van der Waals surface area contributed by atoms with Crippen LogP contribution in [0.1, 0.15) is 0 Å². The highest BCUT2D eigenvalue weighted by molar-refractivity contribution is 7.26. The summed E-state index contributed by atoms with van der Waals surface area (Å²) in [4.78, 5) is 0. The van der Waals surface area contributed by atoms with Crippen molar-refractivity contribution in [1.29, 1.82) is 0 Å². The summed E-state index contributed by atoms with van der Waals surface area (Å²) < 4.78 is 7.65. The molecule has 2 nitrogen and oxygen atoms in total. The van der Waals surface area contributed by atoms with Gasteiger partial charge in [0.25, 0.3) is 0 Å². The minimum atomic E-state index is 1.18. The Morgan fingerprint density at radius 3 is 1.62 bits per heavy atom. The molecule has 0 bridgehead atoms. The van der Waals surface area contributed by atoms with E-state index in [0.29, 0.717) is 0 Å². The Morgan fingerprint density at radius 2 is 0.867 bits per heavy atom. The van der Waals surface area contributed by atoms with Crippen molar-refractivity contribution in [3.05, 3.63) is 146 Å². The summed E-state index contributed by atoms with van der Waals surface area (Å²) in [5.41, 5.74) is 7.35. The van der Waals surface area contributed by atoms with Gasteiger partial charge in [0, 0.05) is 58.2 Å².